The molecule has 0 unspecified atom stereocenters. The number of nitrogens with one attached hydrogen (secondary N) is 1. The van der Waals surface area contributed by atoms with Crippen molar-refractivity contribution >= 4 is 0 Å². The predicted octanol–water partition coefficient (Wildman–Crippen LogP) is 0.979. The fourth-order valence-electron chi connectivity index (χ4n) is 1.62. The minimum Gasteiger partial charge on any atom is -0.477 e. The highest BCUT2D eigenvalue weighted by Crippen LogP contribution is 2.21. The summed E-state index contributed by atoms with van der Waals surface area (Å²) in [5.41, 5.74) is 1.08. The Hall–Kier alpha value is -1.33. The zero-order valence-electron chi connectivity index (χ0n) is 10.1. The van der Waals surface area contributed by atoms with Crippen LogP contribution in [0.25, 0.3) is 0 Å². The molecule has 2 heterocycles. The number of ether oxygens (including phenoxy) is 3. The highest BCUT2D eigenvalue weighted by Gasteiger charge is 2.10. The van der Waals surface area contributed by atoms with Crippen LogP contribution in [0.1, 0.15) is 12.0 Å². The number of fused-ring (bicyclic) bond motifs is 1. The Morgan fingerprint density at radius 1 is 1.41 bits per heavy atom. The smallest absolute Gasteiger partial charge is 0.221 e. The molecular weight excluding hydrogens is 220 g/mol. The molecule has 0 bridgehead atoms. The summed E-state index contributed by atoms with van der Waals surface area (Å²) in [6.07, 6.45) is 0.859. The number of methoxy groups -OCH3 is 1. The fraction of sp³-hybridized carbons (Fsp3) is 0.583. The van der Waals surface area contributed by atoms with Crippen molar-refractivity contribution in [3.63, 3.8) is 0 Å². The Morgan fingerprint density at radius 3 is 3.24 bits per heavy atom. The highest BCUT2D eigenvalue weighted by molar-refractivity contribution is 5.31. The van der Waals surface area contributed by atoms with Crippen LogP contribution in [-0.4, -0.2) is 38.5 Å². The zero-order valence-corrected chi connectivity index (χ0v) is 10.1. The van der Waals surface area contributed by atoms with Crippen molar-refractivity contribution in [3.8, 4) is 11.8 Å². The topological polar surface area (TPSA) is 52.6 Å². The quantitative estimate of drug-likeness (QED) is 0.775. The normalized spacial score (nSPS) is 14.6. The molecule has 1 aromatic heterocycles. The van der Waals surface area contributed by atoms with Gasteiger partial charge in [0.25, 0.3) is 0 Å². The minimum atomic E-state index is 0.609. The number of hydrogen-bond donors (Lipinski definition) is 1. The maximum Gasteiger partial charge on any atom is 0.221 e. The van der Waals surface area contributed by atoms with Gasteiger partial charge in [-0.2, -0.15) is 4.98 Å². The summed E-state index contributed by atoms with van der Waals surface area (Å²) in [7, 11) is 1.68. The average Bonchev–Trinajstić information content (AvgIpc) is 2.59. The van der Waals surface area contributed by atoms with Gasteiger partial charge in [0.1, 0.15) is 6.61 Å². The van der Waals surface area contributed by atoms with E-state index in [0.717, 1.165) is 25.1 Å². The van der Waals surface area contributed by atoms with Gasteiger partial charge < -0.3 is 19.5 Å². The molecule has 0 atom stereocenters. The molecule has 0 radical (unpaired) electrons. The second kappa shape index (κ2) is 6.42. The predicted molar refractivity (Wildman–Crippen MR) is 63.4 cm³/mol. The number of nitrogens with zero attached hydrogens (tertiary/aromatic N) is 1. The average molecular weight is 238 g/mol. The molecule has 0 fully saturated rings. The Bertz CT molecular complexity index is 358. The largest absolute Gasteiger partial charge is 0.477 e. The standard InChI is InChI=1S/C12H18N2O3/c1-15-6-2-7-16-11-4-3-10-9-13-5-8-17-12(10)14-11/h3-4,13H,2,5-9H2,1H3. The van der Waals surface area contributed by atoms with E-state index in [2.05, 4.69) is 10.3 Å². The van der Waals surface area contributed by atoms with Gasteiger partial charge in [-0.3, -0.25) is 0 Å². The molecule has 1 aliphatic rings. The van der Waals surface area contributed by atoms with Gasteiger partial charge in [0, 0.05) is 44.9 Å². The lowest BCUT2D eigenvalue weighted by atomic mass is 10.2. The van der Waals surface area contributed by atoms with Crippen molar-refractivity contribution in [1.82, 2.24) is 10.3 Å². The van der Waals surface area contributed by atoms with Crippen LogP contribution in [0.15, 0.2) is 12.1 Å². The maximum atomic E-state index is 5.54. The number of aromatic nitrogens is 1. The Morgan fingerprint density at radius 2 is 2.35 bits per heavy atom. The molecule has 1 aliphatic heterocycles. The van der Waals surface area contributed by atoms with E-state index in [1.807, 2.05) is 12.1 Å². The van der Waals surface area contributed by atoms with Crippen molar-refractivity contribution in [2.24, 2.45) is 0 Å². The SMILES string of the molecule is COCCCOc1ccc2c(n1)OCCNC2. The summed E-state index contributed by atoms with van der Waals surface area (Å²) in [5.74, 6) is 1.29. The number of hydrogen-bond acceptors (Lipinski definition) is 5. The molecule has 2 rings (SSSR count). The van der Waals surface area contributed by atoms with Crippen molar-refractivity contribution in [1.29, 1.82) is 0 Å². The Balaban J connectivity index is 1.93. The summed E-state index contributed by atoms with van der Waals surface area (Å²) in [4.78, 5) is 4.35. The van der Waals surface area contributed by atoms with Crippen LogP contribution in [0.3, 0.4) is 0 Å². The summed E-state index contributed by atoms with van der Waals surface area (Å²) >= 11 is 0. The molecule has 1 aromatic rings. The van der Waals surface area contributed by atoms with Gasteiger partial charge in [-0.1, -0.05) is 0 Å². The molecule has 94 valence electrons. The fourth-order valence-corrected chi connectivity index (χ4v) is 1.62. The van der Waals surface area contributed by atoms with Crippen LogP contribution in [-0.2, 0) is 11.3 Å². The van der Waals surface area contributed by atoms with Crippen LogP contribution < -0.4 is 14.8 Å². The van der Waals surface area contributed by atoms with Crippen molar-refractivity contribution in [3.05, 3.63) is 17.7 Å². The van der Waals surface area contributed by atoms with E-state index in [1.54, 1.807) is 7.11 Å². The third kappa shape index (κ3) is 3.57. The van der Waals surface area contributed by atoms with Crippen LogP contribution >= 0.6 is 0 Å². The van der Waals surface area contributed by atoms with Gasteiger partial charge in [-0.25, -0.2) is 0 Å². The second-order valence-corrected chi connectivity index (χ2v) is 3.83. The van der Waals surface area contributed by atoms with Crippen molar-refractivity contribution < 1.29 is 14.2 Å². The summed E-state index contributed by atoms with van der Waals surface area (Å²) in [6, 6.07) is 3.87. The van der Waals surface area contributed by atoms with Crippen molar-refractivity contribution in [2.75, 3.05) is 33.5 Å². The van der Waals surface area contributed by atoms with Gasteiger partial charge in [0.05, 0.1) is 6.61 Å². The van der Waals surface area contributed by atoms with Crippen molar-refractivity contribution in [2.45, 2.75) is 13.0 Å². The molecule has 0 saturated carbocycles. The second-order valence-electron chi connectivity index (χ2n) is 3.83. The Labute approximate surface area is 101 Å². The first kappa shape index (κ1) is 12.1. The van der Waals surface area contributed by atoms with E-state index >= 15 is 0 Å². The van der Waals surface area contributed by atoms with Gasteiger partial charge >= 0.3 is 0 Å². The van der Waals surface area contributed by atoms with Gasteiger partial charge in [-0.15, -0.1) is 0 Å². The monoisotopic (exact) mass is 238 g/mol. The van der Waals surface area contributed by atoms with Crippen LogP contribution in [0.2, 0.25) is 0 Å². The Kier molecular flexibility index (Phi) is 4.58. The molecule has 1 N–H and O–H groups in total. The van der Waals surface area contributed by atoms with E-state index < -0.39 is 0 Å². The maximum absolute atomic E-state index is 5.54. The first-order valence-electron chi connectivity index (χ1n) is 5.85. The zero-order chi connectivity index (χ0) is 11.9. The van der Waals surface area contributed by atoms with Gasteiger partial charge in [0.2, 0.25) is 11.8 Å². The molecule has 5 nitrogen and oxygen atoms in total. The molecule has 17 heavy (non-hydrogen) atoms. The molecular formula is C12H18N2O3. The van der Waals surface area contributed by atoms with Gasteiger partial charge in [0.15, 0.2) is 0 Å². The molecule has 0 spiro atoms. The number of rotatable bonds is 5. The van der Waals surface area contributed by atoms with Crippen LogP contribution in [0.5, 0.6) is 11.8 Å². The van der Waals surface area contributed by atoms with E-state index in [1.165, 1.54) is 0 Å². The molecule has 5 heteroatoms. The molecule has 0 aromatic carbocycles. The number of pyridine rings is 1. The lowest BCUT2D eigenvalue weighted by Gasteiger charge is -2.09. The van der Waals surface area contributed by atoms with Gasteiger partial charge in [-0.05, 0) is 6.07 Å². The van der Waals surface area contributed by atoms with E-state index in [-0.39, 0.29) is 0 Å². The molecule has 0 saturated heterocycles. The minimum absolute atomic E-state index is 0.609. The van der Waals surface area contributed by atoms with Crippen LogP contribution in [0.4, 0.5) is 0 Å². The van der Waals surface area contributed by atoms with E-state index in [9.17, 15) is 0 Å². The molecule has 0 amide bonds. The van der Waals surface area contributed by atoms with E-state index in [0.29, 0.717) is 31.6 Å². The first-order valence-corrected chi connectivity index (χ1v) is 5.85. The third-order valence-electron chi connectivity index (χ3n) is 2.49. The molecule has 0 aliphatic carbocycles. The lowest BCUT2D eigenvalue weighted by molar-refractivity contribution is 0.170. The summed E-state index contributed by atoms with van der Waals surface area (Å²) in [5, 5.41) is 3.26. The van der Waals surface area contributed by atoms with Crippen LogP contribution in [0, 0.1) is 0 Å². The lowest BCUT2D eigenvalue weighted by Crippen LogP contribution is -2.16. The highest BCUT2D eigenvalue weighted by atomic mass is 16.5. The summed E-state index contributed by atoms with van der Waals surface area (Å²) < 4.78 is 16.0. The first-order chi connectivity index (χ1) is 8.40. The third-order valence-corrected chi connectivity index (χ3v) is 2.49. The summed E-state index contributed by atoms with van der Waals surface area (Å²) in [6.45, 7) is 3.60. The van der Waals surface area contributed by atoms with E-state index in [4.69, 9.17) is 14.2 Å².